The summed E-state index contributed by atoms with van der Waals surface area (Å²) in [5.74, 6) is 0.105. The Morgan fingerprint density at radius 3 is 2.29 bits per heavy atom. The lowest BCUT2D eigenvalue weighted by molar-refractivity contribution is -0.384. The van der Waals surface area contributed by atoms with Gasteiger partial charge in [-0.05, 0) is 26.3 Å². The zero-order valence-corrected chi connectivity index (χ0v) is 13.9. The predicted molar refractivity (Wildman–Crippen MR) is 85.2 cm³/mol. The summed E-state index contributed by atoms with van der Waals surface area (Å²) >= 11 is 0. The molecule has 24 heavy (non-hydrogen) atoms. The molecule has 0 bridgehead atoms. The van der Waals surface area contributed by atoms with Crippen molar-refractivity contribution in [3.05, 3.63) is 39.9 Å². The van der Waals surface area contributed by atoms with Crippen LogP contribution in [0.5, 0.6) is 0 Å². The maximum absolute atomic E-state index is 12.1. The van der Waals surface area contributed by atoms with Crippen molar-refractivity contribution in [1.29, 1.82) is 5.26 Å². The normalized spacial score (nSPS) is 28.0. The van der Waals surface area contributed by atoms with Gasteiger partial charge in [-0.2, -0.15) is 5.26 Å². The lowest BCUT2D eigenvalue weighted by atomic mass is 9.91. The van der Waals surface area contributed by atoms with E-state index in [-0.39, 0.29) is 23.6 Å². The van der Waals surface area contributed by atoms with Crippen LogP contribution in [0.1, 0.15) is 26.3 Å². The summed E-state index contributed by atoms with van der Waals surface area (Å²) in [6.07, 6.45) is -0.356. The number of fused-ring (bicyclic) bond motifs is 1. The van der Waals surface area contributed by atoms with Crippen LogP contribution in [-0.2, 0) is 10.2 Å². The van der Waals surface area contributed by atoms with Crippen molar-refractivity contribution < 1.29 is 14.5 Å². The fraction of sp³-hybridized carbons (Fsp3) is 0.529. The van der Waals surface area contributed by atoms with Gasteiger partial charge in [0, 0.05) is 37.1 Å². The van der Waals surface area contributed by atoms with Crippen molar-refractivity contribution in [2.75, 3.05) is 13.1 Å². The Labute approximate surface area is 140 Å². The molecule has 7 nitrogen and oxygen atoms in total. The molecule has 0 unspecified atom stereocenters. The van der Waals surface area contributed by atoms with Crippen molar-refractivity contribution in [2.45, 2.75) is 31.8 Å². The van der Waals surface area contributed by atoms with E-state index in [1.54, 1.807) is 17.0 Å². The van der Waals surface area contributed by atoms with Gasteiger partial charge in [0.25, 0.3) is 5.69 Å². The number of hydrogen-bond acceptors (Lipinski definition) is 5. The number of likely N-dealkylation sites (tertiary alicyclic amines) is 1. The molecular weight excluding hydrogens is 310 g/mol. The standard InChI is InChI=1S/C17H19N3O4/c1-16(2,3)24-15(21)19-8-13-14(9-19)17(13,10-18)11-4-6-12(7-5-11)20(22)23/h4-7,13-14H,8-9H2,1-3H3/t13-,14+,17-. The van der Waals surface area contributed by atoms with Gasteiger partial charge in [-0.3, -0.25) is 10.1 Å². The fourth-order valence-corrected chi connectivity index (χ4v) is 3.62. The van der Waals surface area contributed by atoms with Gasteiger partial charge in [-0.1, -0.05) is 12.1 Å². The second-order valence-electron chi connectivity index (χ2n) is 7.38. The summed E-state index contributed by atoms with van der Waals surface area (Å²) in [6.45, 7) is 6.41. The maximum Gasteiger partial charge on any atom is 0.410 e. The lowest BCUT2D eigenvalue weighted by Crippen LogP contribution is -2.38. The van der Waals surface area contributed by atoms with Gasteiger partial charge in [0.05, 0.1) is 16.4 Å². The molecule has 3 rings (SSSR count). The number of non-ortho nitro benzene ring substituents is 1. The number of hydrogen-bond donors (Lipinski definition) is 0. The number of carbonyl (C=O) groups is 1. The Balaban J connectivity index is 1.73. The molecule has 3 atom stereocenters. The average molecular weight is 329 g/mol. The van der Waals surface area contributed by atoms with Gasteiger partial charge in [0.2, 0.25) is 0 Å². The first-order valence-corrected chi connectivity index (χ1v) is 7.83. The Kier molecular flexibility index (Phi) is 3.52. The molecule has 2 fully saturated rings. The summed E-state index contributed by atoms with van der Waals surface area (Å²) in [5, 5.41) is 20.4. The lowest BCUT2D eigenvalue weighted by Gasteiger charge is -2.27. The molecule has 1 saturated carbocycles. The predicted octanol–water partition coefficient (Wildman–Crippen LogP) is 2.85. The first-order valence-electron chi connectivity index (χ1n) is 7.83. The highest BCUT2D eigenvalue weighted by Gasteiger charge is 2.70. The van der Waals surface area contributed by atoms with Crippen molar-refractivity contribution in [2.24, 2.45) is 11.8 Å². The zero-order valence-electron chi connectivity index (χ0n) is 13.9. The molecular formula is C17H19N3O4. The molecule has 1 heterocycles. The van der Waals surface area contributed by atoms with E-state index in [4.69, 9.17) is 4.74 Å². The molecule has 0 radical (unpaired) electrons. The Morgan fingerprint density at radius 2 is 1.88 bits per heavy atom. The number of nitriles is 1. The van der Waals surface area contributed by atoms with Crippen LogP contribution < -0.4 is 0 Å². The van der Waals surface area contributed by atoms with Crippen molar-refractivity contribution in [3.63, 3.8) is 0 Å². The van der Waals surface area contributed by atoms with Crippen LogP contribution in [0.15, 0.2) is 24.3 Å². The molecule has 2 aliphatic rings. The van der Waals surface area contributed by atoms with E-state index in [9.17, 15) is 20.2 Å². The van der Waals surface area contributed by atoms with E-state index < -0.39 is 15.9 Å². The van der Waals surface area contributed by atoms with Crippen LogP contribution in [0.4, 0.5) is 10.5 Å². The van der Waals surface area contributed by atoms with E-state index >= 15 is 0 Å². The summed E-state index contributed by atoms with van der Waals surface area (Å²) in [7, 11) is 0. The second-order valence-corrected chi connectivity index (χ2v) is 7.38. The number of piperidine rings is 1. The Hall–Kier alpha value is -2.62. The molecule has 0 spiro atoms. The molecule has 0 N–H and O–H groups in total. The number of amides is 1. The van der Waals surface area contributed by atoms with Crippen LogP contribution in [0.3, 0.4) is 0 Å². The molecule has 0 aromatic heterocycles. The largest absolute Gasteiger partial charge is 0.444 e. The van der Waals surface area contributed by atoms with Crippen molar-refractivity contribution in [3.8, 4) is 6.07 Å². The Bertz CT molecular complexity index is 718. The van der Waals surface area contributed by atoms with E-state index in [1.165, 1.54) is 12.1 Å². The van der Waals surface area contributed by atoms with E-state index in [0.717, 1.165) is 5.56 Å². The first kappa shape index (κ1) is 16.2. The number of ether oxygens (including phenoxy) is 1. The van der Waals surface area contributed by atoms with E-state index in [2.05, 4.69) is 6.07 Å². The second kappa shape index (κ2) is 5.20. The summed E-state index contributed by atoms with van der Waals surface area (Å²) in [6, 6.07) is 8.53. The van der Waals surface area contributed by atoms with Gasteiger partial charge in [0.15, 0.2) is 0 Å². The number of nitro groups is 1. The highest BCUT2D eigenvalue weighted by Crippen LogP contribution is 2.63. The molecule has 1 aromatic rings. The SMILES string of the molecule is CC(C)(C)OC(=O)N1C[C@@H]2[C@H](C1)[C@]2(C#N)c1ccc([N+](=O)[O-])cc1. The van der Waals surface area contributed by atoms with E-state index in [1.807, 2.05) is 20.8 Å². The minimum Gasteiger partial charge on any atom is -0.444 e. The number of nitro benzene ring substituents is 1. The topological polar surface area (TPSA) is 96.5 Å². The third-order valence-corrected chi connectivity index (χ3v) is 4.77. The van der Waals surface area contributed by atoms with Crippen molar-refractivity contribution in [1.82, 2.24) is 4.90 Å². The minimum atomic E-state index is -0.645. The smallest absolute Gasteiger partial charge is 0.410 e. The zero-order chi connectivity index (χ0) is 17.7. The summed E-state index contributed by atoms with van der Waals surface area (Å²) < 4.78 is 5.37. The molecule has 1 aromatic carbocycles. The first-order chi connectivity index (χ1) is 11.2. The molecule has 126 valence electrons. The molecule has 7 heteroatoms. The van der Waals surface area contributed by atoms with Gasteiger partial charge in [0.1, 0.15) is 5.60 Å². The quantitative estimate of drug-likeness (QED) is 0.614. The van der Waals surface area contributed by atoms with Gasteiger partial charge in [-0.15, -0.1) is 0 Å². The number of benzene rings is 1. The third-order valence-electron chi connectivity index (χ3n) is 4.77. The van der Waals surface area contributed by atoms with Crippen molar-refractivity contribution >= 4 is 11.8 Å². The van der Waals surface area contributed by atoms with Gasteiger partial charge < -0.3 is 9.64 Å². The van der Waals surface area contributed by atoms with E-state index in [0.29, 0.717) is 13.1 Å². The number of carbonyl (C=O) groups excluding carboxylic acids is 1. The highest BCUT2D eigenvalue weighted by molar-refractivity contribution is 5.70. The summed E-state index contributed by atoms with van der Waals surface area (Å²) in [4.78, 5) is 24.1. The molecule has 1 aliphatic carbocycles. The van der Waals surface area contributed by atoms with Gasteiger partial charge in [-0.25, -0.2) is 4.79 Å². The van der Waals surface area contributed by atoms with Gasteiger partial charge >= 0.3 is 6.09 Å². The highest BCUT2D eigenvalue weighted by atomic mass is 16.6. The fourth-order valence-electron chi connectivity index (χ4n) is 3.62. The number of nitrogens with zero attached hydrogens (tertiary/aromatic N) is 3. The molecule has 1 saturated heterocycles. The van der Waals surface area contributed by atoms with Crippen LogP contribution in [0.25, 0.3) is 0 Å². The number of rotatable bonds is 2. The average Bonchev–Trinajstić information content (AvgIpc) is 2.88. The maximum atomic E-state index is 12.1. The van der Waals surface area contributed by atoms with Crippen LogP contribution in [-0.4, -0.2) is 34.6 Å². The molecule has 1 aliphatic heterocycles. The molecule has 1 amide bonds. The van der Waals surface area contributed by atoms with Crippen LogP contribution in [0.2, 0.25) is 0 Å². The Morgan fingerprint density at radius 1 is 1.33 bits per heavy atom. The van der Waals surface area contributed by atoms with Crippen LogP contribution >= 0.6 is 0 Å². The van der Waals surface area contributed by atoms with Crippen LogP contribution in [0, 0.1) is 33.3 Å². The summed E-state index contributed by atoms with van der Waals surface area (Å²) in [5.41, 5.74) is -0.398. The monoisotopic (exact) mass is 329 g/mol. The third kappa shape index (κ3) is 2.48. The minimum absolute atomic E-state index is 0.00744.